The first-order valence-electron chi connectivity index (χ1n) is 3.71. The number of hydrogen-bond donors (Lipinski definition) is 0. The Hall–Kier alpha value is -0.120. The number of ether oxygens (including phenoxy) is 3. The van der Waals surface area contributed by atoms with Gasteiger partial charge in [-0.25, -0.2) is 0 Å². The van der Waals surface area contributed by atoms with E-state index in [1.54, 1.807) is 0 Å². The van der Waals surface area contributed by atoms with E-state index in [1.165, 1.54) is 0 Å². The van der Waals surface area contributed by atoms with Crippen LogP contribution >= 0.6 is 0 Å². The highest BCUT2D eigenvalue weighted by atomic mass is 16.8. The van der Waals surface area contributed by atoms with Crippen molar-refractivity contribution in [2.75, 3.05) is 13.2 Å². The van der Waals surface area contributed by atoms with E-state index in [0.29, 0.717) is 6.61 Å². The first kappa shape index (κ1) is 7.98. The maximum atomic E-state index is 5.28. The summed E-state index contributed by atoms with van der Waals surface area (Å²) in [7, 11) is 0. The fourth-order valence-corrected chi connectivity index (χ4v) is 0.851. The lowest BCUT2D eigenvalue weighted by atomic mass is 10.3. The third-order valence-corrected chi connectivity index (χ3v) is 1.42. The van der Waals surface area contributed by atoms with Crippen molar-refractivity contribution in [3.05, 3.63) is 0 Å². The van der Waals surface area contributed by atoms with Crippen molar-refractivity contribution < 1.29 is 14.2 Å². The molecule has 3 nitrogen and oxygen atoms in total. The van der Waals surface area contributed by atoms with E-state index in [4.69, 9.17) is 14.2 Å². The highest BCUT2D eigenvalue weighted by molar-refractivity contribution is 4.53. The second kappa shape index (κ2) is 3.91. The minimum absolute atomic E-state index is 0.269. The summed E-state index contributed by atoms with van der Waals surface area (Å²) in [4.78, 5) is 0. The van der Waals surface area contributed by atoms with E-state index in [0.717, 1.165) is 13.0 Å². The highest BCUT2D eigenvalue weighted by Crippen LogP contribution is 2.11. The summed E-state index contributed by atoms with van der Waals surface area (Å²) in [6.45, 7) is 4.90. The molecule has 0 N–H and O–H groups in total. The van der Waals surface area contributed by atoms with Gasteiger partial charge in [-0.3, -0.25) is 0 Å². The topological polar surface area (TPSA) is 27.7 Å². The molecule has 0 saturated carbocycles. The Labute approximate surface area is 61.3 Å². The summed E-state index contributed by atoms with van der Waals surface area (Å²) in [5.41, 5.74) is 0. The second-order valence-corrected chi connectivity index (χ2v) is 2.35. The average Bonchev–Trinajstić information content (AvgIpc) is 1.88. The van der Waals surface area contributed by atoms with Crippen LogP contribution in [-0.4, -0.2) is 25.8 Å². The maximum absolute atomic E-state index is 5.28. The molecule has 60 valence electrons. The van der Waals surface area contributed by atoms with E-state index < -0.39 is 6.48 Å². The Morgan fingerprint density at radius 1 is 1.60 bits per heavy atom. The summed E-state index contributed by atoms with van der Waals surface area (Å²) < 4.78 is 15.5. The fraction of sp³-hybridized carbons (Fsp3) is 1.00. The standard InChI is InChI=1S/C7H14O3/c1-3-8-7-9-5-4-6(2)10-7/h6-7H,3-5H2,1-2H3/t6-,7+/m1/s1. The smallest absolute Gasteiger partial charge is 0.271 e. The molecule has 0 aromatic carbocycles. The van der Waals surface area contributed by atoms with Crippen LogP contribution in [0.3, 0.4) is 0 Å². The molecule has 2 atom stereocenters. The Balaban J connectivity index is 2.18. The van der Waals surface area contributed by atoms with Gasteiger partial charge in [-0.2, -0.15) is 0 Å². The molecule has 0 aromatic heterocycles. The predicted octanol–water partition coefficient (Wildman–Crippen LogP) is 1.13. The molecule has 0 aliphatic carbocycles. The molecule has 0 spiro atoms. The first-order chi connectivity index (χ1) is 4.83. The zero-order valence-electron chi connectivity index (χ0n) is 6.50. The van der Waals surface area contributed by atoms with Gasteiger partial charge in [0.2, 0.25) is 0 Å². The van der Waals surface area contributed by atoms with Gasteiger partial charge in [0, 0.05) is 6.61 Å². The fourth-order valence-electron chi connectivity index (χ4n) is 0.851. The zero-order valence-corrected chi connectivity index (χ0v) is 6.50. The van der Waals surface area contributed by atoms with Gasteiger partial charge in [-0.15, -0.1) is 0 Å². The van der Waals surface area contributed by atoms with Crippen molar-refractivity contribution >= 4 is 0 Å². The Bertz CT molecular complexity index is 92.9. The Morgan fingerprint density at radius 2 is 2.40 bits per heavy atom. The van der Waals surface area contributed by atoms with Crippen LogP contribution in [0, 0.1) is 0 Å². The zero-order chi connectivity index (χ0) is 7.40. The second-order valence-electron chi connectivity index (χ2n) is 2.35. The van der Waals surface area contributed by atoms with Crippen LogP contribution in [0.4, 0.5) is 0 Å². The summed E-state index contributed by atoms with van der Waals surface area (Å²) >= 11 is 0. The number of rotatable bonds is 2. The van der Waals surface area contributed by atoms with Crippen molar-refractivity contribution in [3.63, 3.8) is 0 Å². The summed E-state index contributed by atoms with van der Waals surface area (Å²) in [6, 6.07) is 0. The van der Waals surface area contributed by atoms with Crippen LogP contribution in [0.2, 0.25) is 0 Å². The quantitative estimate of drug-likeness (QED) is 0.584. The lowest BCUT2D eigenvalue weighted by molar-refractivity contribution is -0.326. The molecule has 0 bridgehead atoms. The van der Waals surface area contributed by atoms with Gasteiger partial charge >= 0.3 is 0 Å². The van der Waals surface area contributed by atoms with Crippen molar-refractivity contribution in [2.24, 2.45) is 0 Å². The van der Waals surface area contributed by atoms with Gasteiger partial charge in [0.25, 0.3) is 6.48 Å². The number of hydrogen-bond acceptors (Lipinski definition) is 3. The lowest BCUT2D eigenvalue weighted by Gasteiger charge is -2.27. The molecule has 10 heavy (non-hydrogen) atoms. The summed E-state index contributed by atoms with van der Waals surface area (Å²) in [6.07, 6.45) is 1.23. The van der Waals surface area contributed by atoms with Gasteiger partial charge in [0.05, 0.1) is 12.7 Å². The molecule has 1 fully saturated rings. The molecule has 0 radical (unpaired) electrons. The largest absolute Gasteiger partial charge is 0.330 e. The molecule has 1 heterocycles. The predicted molar refractivity (Wildman–Crippen MR) is 36.5 cm³/mol. The first-order valence-corrected chi connectivity index (χ1v) is 3.71. The van der Waals surface area contributed by atoms with Crippen LogP contribution in [0.25, 0.3) is 0 Å². The van der Waals surface area contributed by atoms with Crippen LogP contribution in [-0.2, 0) is 14.2 Å². The molecule has 0 aromatic rings. The van der Waals surface area contributed by atoms with E-state index in [9.17, 15) is 0 Å². The van der Waals surface area contributed by atoms with Crippen LogP contribution in [0.1, 0.15) is 20.3 Å². The molecular formula is C7H14O3. The van der Waals surface area contributed by atoms with Crippen molar-refractivity contribution in [3.8, 4) is 0 Å². The van der Waals surface area contributed by atoms with Crippen LogP contribution < -0.4 is 0 Å². The molecule has 0 amide bonds. The van der Waals surface area contributed by atoms with Crippen LogP contribution in [0.5, 0.6) is 0 Å². The van der Waals surface area contributed by atoms with Crippen molar-refractivity contribution in [1.29, 1.82) is 0 Å². The van der Waals surface area contributed by atoms with Gasteiger partial charge in [-0.1, -0.05) is 0 Å². The highest BCUT2D eigenvalue weighted by Gasteiger charge is 2.18. The molecule has 1 saturated heterocycles. The van der Waals surface area contributed by atoms with E-state index >= 15 is 0 Å². The monoisotopic (exact) mass is 146 g/mol. The van der Waals surface area contributed by atoms with Crippen molar-refractivity contribution in [1.82, 2.24) is 0 Å². The Morgan fingerprint density at radius 3 is 3.00 bits per heavy atom. The molecule has 1 rings (SSSR count). The van der Waals surface area contributed by atoms with E-state index in [-0.39, 0.29) is 6.10 Å². The summed E-state index contributed by atoms with van der Waals surface area (Å²) in [5, 5.41) is 0. The van der Waals surface area contributed by atoms with Gasteiger partial charge in [0.15, 0.2) is 0 Å². The van der Waals surface area contributed by atoms with Gasteiger partial charge in [0.1, 0.15) is 0 Å². The normalized spacial score (nSPS) is 34.2. The van der Waals surface area contributed by atoms with Gasteiger partial charge < -0.3 is 14.2 Å². The average molecular weight is 146 g/mol. The van der Waals surface area contributed by atoms with E-state index in [1.807, 2.05) is 13.8 Å². The minimum atomic E-state index is -0.422. The molecular weight excluding hydrogens is 132 g/mol. The third kappa shape index (κ3) is 2.25. The van der Waals surface area contributed by atoms with E-state index in [2.05, 4.69) is 0 Å². The minimum Gasteiger partial charge on any atom is -0.330 e. The molecule has 3 heteroatoms. The summed E-state index contributed by atoms with van der Waals surface area (Å²) in [5.74, 6) is 0. The molecule has 1 aliphatic rings. The maximum Gasteiger partial charge on any atom is 0.271 e. The molecule has 1 aliphatic heterocycles. The van der Waals surface area contributed by atoms with Crippen molar-refractivity contribution in [2.45, 2.75) is 32.8 Å². The molecule has 0 unspecified atom stereocenters. The Kier molecular flexibility index (Phi) is 3.12. The lowest BCUT2D eigenvalue weighted by Crippen LogP contribution is -2.32. The van der Waals surface area contributed by atoms with Crippen LogP contribution in [0.15, 0.2) is 0 Å². The van der Waals surface area contributed by atoms with Gasteiger partial charge in [-0.05, 0) is 20.3 Å². The SMILES string of the molecule is CCO[C@H]1OCC[C@@H](C)O1. The third-order valence-electron chi connectivity index (χ3n) is 1.42.